The highest BCUT2D eigenvalue weighted by atomic mass is 16.1. The van der Waals surface area contributed by atoms with E-state index in [1.165, 1.54) is 45.1 Å². The SMILES string of the molecule is CC1CCCCN1CCCNC(=O)C1CCCCC1. The summed E-state index contributed by atoms with van der Waals surface area (Å²) in [6, 6.07) is 0.739. The van der Waals surface area contributed by atoms with Crippen molar-refractivity contribution >= 4 is 5.91 Å². The topological polar surface area (TPSA) is 32.3 Å². The van der Waals surface area contributed by atoms with Crippen molar-refractivity contribution in [2.24, 2.45) is 5.92 Å². The number of carbonyl (C=O) groups excluding carboxylic acids is 1. The predicted octanol–water partition coefficient (Wildman–Crippen LogP) is 2.95. The highest BCUT2D eigenvalue weighted by Crippen LogP contribution is 2.23. The third-order valence-electron chi connectivity index (χ3n) is 4.84. The van der Waals surface area contributed by atoms with Gasteiger partial charge in [0.1, 0.15) is 0 Å². The molecule has 19 heavy (non-hydrogen) atoms. The number of amides is 1. The van der Waals surface area contributed by atoms with E-state index in [2.05, 4.69) is 17.1 Å². The number of rotatable bonds is 5. The van der Waals surface area contributed by atoms with Crippen LogP contribution >= 0.6 is 0 Å². The van der Waals surface area contributed by atoms with Crippen LogP contribution in [0.2, 0.25) is 0 Å². The van der Waals surface area contributed by atoms with Gasteiger partial charge in [-0.2, -0.15) is 0 Å². The lowest BCUT2D eigenvalue weighted by Gasteiger charge is -2.33. The van der Waals surface area contributed by atoms with Crippen LogP contribution in [0.1, 0.15) is 64.7 Å². The summed E-state index contributed by atoms with van der Waals surface area (Å²) in [6.07, 6.45) is 11.2. The van der Waals surface area contributed by atoms with Gasteiger partial charge in [-0.25, -0.2) is 0 Å². The zero-order valence-corrected chi connectivity index (χ0v) is 12.5. The molecule has 0 aromatic rings. The van der Waals surface area contributed by atoms with Crippen LogP contribution in [0.4, 0.5) is 0 Å². The highest BCUT2D eigenvalue weighted by Gasteiger charge is 2.21. The molecule has 0 radical (unpaired) electrons. The number of piperidine rings is 1. The average Bonchev–Trinajstić information content (AvgIpc) is 2.46. The molecule has 0 bridgehead atoms. The molecule has 1 unspecified atom stereocenters. The van der Waals surface area contributed by atoms with Crippen LogP contribution in [0.3, 0.4) is 0 Å². The Balaban J connectivity index is 1.56. The molecule has 1 aliphatic carbocycles. The molecule has 1 aliphatic heterocycles. The Bertz CT molecular complexity index is 274. The van der Waals surface area contributed by atoms with E-state index in [0.717, 1.165) is 38.4 Å². The second-order valence-corrected chi connectivity index (χ2v) is 6.36. The first-order chi connectivity index (χ1) is 9.27. The first kappa shape index (κ1) is 14.8. The van der Waals surface area contributed by atoms with Crippen molar-refractivity contribution in [2.45, 2.75) is 70.8 Å². The van der Waals surface area contributed by atoms with E-state index in [0.29, 0.717) is 11.8 Å². The molecule has 1 amide bonds. The Morgan fingerprint density at radius 2 is 1.84 bits per heavy atom. The van der Waals surface area contributed by atoms with E-state index in [1.807, 2.05) is 0 Å². The molecule has 3 heteroatoms. The number of nitrogens with zero attached hydrogens (tertiary/aromatic N) is 1. The van der Waals surface area contributed by atoms with Gasteiger partial charge in [0, 0.05) is 25.0 Å². The minimum Gasteiger partial charge on any atom is -0.356 e. The quantitative estimate of drug-likeness (QED) is 0.776. The summed E-state index contributed by atoms with van der Waals surface area (Å²) in [5.41, 5.74) is 0. The molecule has 1 saturated heterocycles. The molecule has 1 saturated carbocycles. The summed E-state index contributed by atoms with van der Waals surface area (Å²) < 4.78 is 0. The van der Waals surface area contributed by atoms with Gasteiger partial charge >= 0.3 is 0 Å². The van der Waals surface area contributed by atoms with Crippen LogP contribution in [0.15, 0.2) is 0 Å². The van der Waals surface area contributed by atoms with Crippen molar-refractivity contribution in [3.05, 3.63) is 0 Å². The molecule has 2 aliphatic rings. The van der Waals surface area contributed by atoms with Crippen LogP contribution in [-0.2, 0) is 4.79 Å². The molecule has 1 atom stereocenters. The molecule has 0 spiro atoms. The fraction of sp³-hybridized carbons (Fsp3) is 0.938. The lowest BCUT2D eigenvalue weighted by Crippen LogP contribution is -2.40. The number of carbonyl (C=O) groups is 1. The molecule has 3 nitrogen and oxygen atoms in total. The molecule has 0 aromatic heterocycles. The summed E-state index contributed by atoms with van der Waals surface area (Å²) >= 11 is 0. The van der Waals surface area contributed by atoms with Crippen LogP contribution in [-0.4, -0.2) is 36.5 Å². The van der Waals surface area contributed by atoms with Gasteiger partial charge < -0.3 is 10.2 Å². The summed E-state index contributed by atoms with van der Waals surface area (Å²) in [6.45, 7) is 5.59. The van der Waals surface area contributed by atoms with Crippen molar-refractivity contribution in [1.29, 1.82) is 0 Å². The monoisotopic (exact) mass is 266 g/mol. The minimum absolute atomic E-state index is 0.308. The lowest BCUT2D eigenvalue weighted by molar-refractivity contribution is -0.125. The summed E-state index contributed by atoms with van der Waals surface area (Å²) in [5, 5.41) is 3.14. The van der Waals surface area contributed by atoms with Crippen molar-refractivity contribution < 1.29 is 4.79 Å². The van der Waals surface area contributed by atoms with Crippen molar-refractivity contribution in [1.82, 2.24) is 10.2 Å². The van der Waals surface area contributed by atoms with Crippen molar-refractivity contribution in [3.8, 4) is 0 Å². The summed E-state index contributed by atoms with van der Waals surface area (Å²) in [4.78, 5) is 14.6. The van der Waals surface area contributed by atoms with E-state index in [1.54, 1.807) is 0 Å². The van der Waals surface area contributed by atoms with E-state index >= 15 is 0 Å². The zero-order valence-electron chi connectivity index (χ0n) is 12.5. The van der Waals surface area contributed by atoms with Gasteiger partial charge in [0.2, 0.25) is 5.91 Å². The van der Waals surface area contributed by atoms with Crippen molar-refractivity contribution in [3.63, 3.8) is 0 Å². The number of hydrogen-bond acceptors (Lipinski definition) is 2. The maximum absolute atomic E-state index is 12.0. The maximum Gasteiger partial charge on any atom is 0.223 e. The first-order valence-electron chi connectivity index (χ1n) is 8.29. The Morgan fingerprint density at radius 1 is 1.11 bits per heavy atom. The Morgan fingerprint density at radius 3 is 2.58 bits per heavy atom. The fourth-order valence-corrected chi connectivity index (χ4v) is 3.49. The molecule has 1 heterocycles. The van der Waals surface area contributed by atoms with Crippen LogP contribution in [0.5, 0.6) is 0 Å². The third-order valence-corrected chi connectivity index (χ3v) is 4.84. The zero-order chi connectivity index (χ0) is 13.5. The van der Waals surface area contributed by atoms with Gasteiger partial charge in [-0.1, -0.05) is 25.7 Å². The maximum atomic E-state index is 12.0. The van der Waals surface area contributed by atoms with Gasteiger partial charge in [0.05, 0.1) is 0 Å². The first-order valence-corrected chi connectivity index (χ1v) is 8.29. The highest BCUT2D eigenvalue weighted by molar-refractivity contribution is 5.78. The number of nitrogens with one attached hydrogen (secondary N) is 1. The molecular weight excluding hydrogens is 236 g/mol. The Labute approximate surface area is 118 Å². The van der Waals surface area contributed by atoms with Gasteiger partial charge in [-0.15, -0.1) is 0 Å². The predicted molar refractivity (Wildman–Crippen MR) is 79.1 cm³/mol. The van der Waals surface area contributed by atoms with Crippen LogP contribution in [0, 0.1) is 5.92 Å². The molecule has 2 rings (SSSR count). The van der Waals surface area contributed by atoms with Gasteiger partial charge in [0.25, 0.3) is 0 Å². The van der Waals surface area contributed by atoms with E-state index in [4.69, 9.17) is 0 Å². The van der Waals surface area contributed by atoms with Gasteiger partial charge in [-0.05, 0) is 45.6 Å². The lowest BCUT2D eigenvalue weighted by atomic mass is 9.89. The average molecular weight is 266 g/mol. The molecule has 1 N–H and O–H groups in total. The van der Waals surface area contributed by atoms with E-state index in [-0.39, 0.29) is 0 Å². The number of hydrogen-bond donors (Lipinski definition) is 1. The Kier molecular flexibility index (Phi) is 6.15. The minimum atomic E-state index is 0.308. The normalized spacial score (nSPS) is 26.3. The summed E-state index contributed by atoms with van der Waals surface area (Å²) in [5.74, 6) is 0.619. The summed E-state index contributed by atoms with van der Waals surface area (Å²) in [7, 11) is 0. The smallest absolute Gasteiger partial charge is 0.223 e. The molecule has 110 valence electrons. The number of likely N-dealkylation sites (tertiary alicyclic amines) is 1. The van der Waals surface area contributed by atoms with Crippen LogP contribution in [0.25, 0.3) is 0 Å². The third kappa shape index (κ3) is 4.79. The molecule has 0 aromatic carbocycles. The van der Waals surface area contributed by atoms with E-state index < -0.39 is 0 Å². The molecule has 2 fully saturated rings. The second-order valence-electron chi connectivity index (χ2n) is 6.36. The Hall–Kier alpha value is -0.570. The van der Waals surface area contributed by atoms with Crippen molar-refractivity contribution in [2.75, 3.05) is 19.6 Å². The second kappa shape index (κ2) is 7.88. The molecular formula is C16H30N2O. The van der Waals surface area contributed by atoms with Crippen LogP contribution < -0.4 is 5.32 Å². The fourth-order valence-electron chi connectivity index (χ4n) is 3.49. The van der Waals surface area contributed by atoms with Gasteiger partial charge in [-0.3, -0.25) is 4.79 Å². The largest absolute Gasteiger partial charge is 0.356 e. The van der Waals surface area contributed by atoms with Gasteiger partial charge in [0.15, 0.2) is 0 Å². The standard InChI is InChI=1S/C16H30N2O/c1-14-8-5-6-12-18(14)13-7-11-17-16(19)15-9-3-2-4-10-15/h14-15H,2-13H2,1H3,(H,17,19). The van der Waals surface area contributed by atoms with E-state index in [9.17, 15) is 4.79 Å².